The van der Waals surface area contributed by atoms with E-state index >= 15 is 0 Å². The van der Waals surface area contributed by atoms with Gasteiger partial charge in [0, 0.05) is 18.5 Å². The normalized spacial score (nSPS) is 20.9. The zero-order valence-electron chi connectivity index (χ0n) is 15.0. The van der Waals surface area contributed by atoms with Crippen LogP contribution in [0.5, 0.6) is 5.75 Å². The summed E-state index contributed by atoms with van der Waals surface area (Å²) < 4.78 is 40.9. The summed E-state index contributed by atoms with van der Waals surface area (Å²) in [4.78, 5) is 5.71. The molecule has 1 N–H and O–H groups in total. The van der Waals surface area contributed by atoms with E-state index in [2.05, 4.69) is 26.5 Å². The molecule has 0 saturated heterocycles. The summed E-state index contributed by atoms with van der Waals surface area (Å²) in [6.45, 7) is 0. The summed E-state index contributed by atoms with van der Waals surface area (Å²) in [6.07, 6.45) is -1.40. The van der Waals surface area contributed by atoms with Gasteiger partial charge in [-0.2, -0.15) is 5.10 Å². The first kappa shape index (κ1) is 18.3. The third kappa shape index (κ3) is 3.67. The molecule has 2 unspecified atom stereocenters. The molecular weight excluding hydrogens is 371 g/mol. The van der Waals surface area contributed by atoms with Crippen molar-refractivity contribution in [1.82, 2.24) is 5.43 Å². The topological polar surface area (TPSA) is 55.2 Å². The summed E-state index contributed by atoms with van der Waals surface area (Å²) in [5.74, 6) is -0.184. The Bertz CT molecular complexity index is 923. The maximum Gasteiger partial charge on any atom is 0.573 e. The van der Waals surface area contributed by atoms with Gasteiger partial charge in [-0.05, 0) is 59.9 Å². The molecule has 2 aliphatic rings. The fourth-order valence-electron chi connectivity index (χ4n) is 3.70. The molecule has 8 heteroatoms. The molecule has 0 aromatic heterocycles. The van der Waals surface area contributed by atoms with Crippen LogP contribution in [0.1, 0.15) is 34.8 Å². The van der Waals surface area contributed by atoms with Crippen molar-refractivity contribution >= 4 is 11.9 Å². The number of hydrogen-bond acceptors (Lipinski definition) is 5. The van der Waals surface area contributed by atoms with Crippen molar-refractivity contribution in [2.45, 2.75) is 25.3 Å². The molecule has 1 aliphatic heterocycles. The van der Waals surface area contributed by atoms with Gasteiger partial charge in [0.05, 0.1) is 11.9 Å². The van der Waals surface area contributed by atoms with E-state index in [9.17, 15) is 13.2 Å². The van der Waals surface area contributed by atoms with Crippen LogP contribution in [0.4, 0.5) is 13.2 Å². The highest BCUT2D eigenvalue weighted by molar-refractivity contribution is 6.03. The van der Waals surface area contributed by atoms with E-state index in [-0.39, 0.29) is 17.8 Å². The molecule has 2 aromatic carbocycles. The molecule has 0 bridgehead atoms. The van der Waals surface area contributed by atoms with Gasteiger partial charge in [-0.3, -0.25) is 0 Å². The van der Waals surface area contributed by atoms with Crippen molar-refractivity contribution in [3.63, 3.8) is 0 Å². The number of nitrogens with one attached hydrogen (secondary N) is 1. The molecule has 1 heterocycles. The fraction of sp³-hybridized carbons (Fsp3) is 0.300. The molecule has 4 rings (SSSR count). The third-order valence-electron chi connectivity index (χ3n) is 4.91. The number of oxime groups is 1. The lowest BCUT2D eigenvalue weighted by Gasteiger charge is -2.27. The molecule has 2 aromatic rings. The third-order valence-corrected chi connectivity index (χ3v) is 4.91. The highest BCUT2D eigenvalue weighted by atomic mass is 19.4. The molecule has 0 saturated carbocycles. The Kier molecular flexibility index (Phi) is 4.70. The Morgan fingerprint density at radius 1 is 1.21 bits per heavy atom. The average molecular weight is 389 g/mol. The quantitative estimate of drug-likeness (QED) is 0.631. The lowest BCUT2D eigenvalue weighted by molar-refractivity contribution is -0.274. The largest absolute Gasteiger partial charge is 0.573 e. The Labute approximate surface area is 159 Å². The molecule has 0 radical (unpaired) electrons. The van der Waals surface area contributed by atoms with E-state index in [1.54, 1.807) is 25.4 Å². The number of ether oxygens (including phenoxy) is 1. The van der Waals surface area contributed by atoms with Gasteiger partial charge in [-0.15, -0.1) is 13.2 Å². The minimum atomic E-state index is -4.70. The van der Waals surface area contributed by atoms with Crippen LogP contribution >= 0.6 is 0 Å². The number of halogens is 3. The molecule has 1 aliphatic carbocycles. The van der Waals surface area contributed by atoms with Gasteiger partial charge in [-0.25, -0.2) is 0 Å². The van der Waals surface area contributed by atoms with Gasteiger partial charge in [-0.1, -0.05) is 17.3 Å². The predicted molar refractivity (Wildman–Crippen MR) is 98.4 cm³/mol. The first-order valence-corrected chi connectivity index (χ1v) is 8.87. The Hall–Kier alpha value is -3.03. The number of benzene rings is 2. The molecule has 28 heavy (non-hydrogen) atoms. The number of rotatable bonds is 4. The smallest absolute Gasteiger partial charge is 0.406 e. The maximum absolute atomic E-state index is 12.3. The number of hydrazone groups is 1. The van der Waals surface area contributed by atoms with Crippen molar-refractivity contribution < 1.29 is 22.7 Å². The number of nitrogens with zero attached hydrogens (tertiary/aromatic N) is 2. The highest BCUT2D eigenvalue weighted by Crippen LogP contribution is 2.43. The minimum absolute atomic E-state index is 0.0683. The zero-order chi connectivity index (χ0) is 19.7. The lowest BCUT2D eigenvalue weighted by Crippen LogP contribution is -2.24. The predicted octanol–water partition coefficient (Wildman–Crippen LogP) is 4.18. The monoisotopic (exact) mass is 389 g/mol. The Balaban J connectivity index is 1.53. The standard InChI is InChI=1S/C20H18F3N3O2/c1-24-25-11-12-2-8-16-14(10-12)5-9-17-18(26-28-19(16)17)13-3-6-15(7-4-13)27-20(21,22)23/h2-4,6-8,10-11,17,19,24H,5,9H2,1H3/b25-11+. The van der Waals surface area contributed by atoms with Crippen LogP contribution in [0.15, 0.2) is 52.7 Å². The number of alkyl halides is 3. The van der Waals surface area contributed by atoms with Crippen LogP contribution in [0.3, 0.4) is 0 Å². The van der Waals surface area contributed by atoms with E-state index in [0.29, 0.717) is 0 Å². The van der Waals surface area contributed by atoms with Crippen LogP contribution in [0.2, 0.25) is 0 Å². The molecule has 0 spiro atoms. The number of fused-ring (bicyclic) bond motifs is 3. The van der Waals surface area contributed by atoms with Gasteiger partial charge in [0.2, 0.25) is 0 Å². The van der Waals surface area contributed by atoms with Crippen molar-refractivity contribution in [3.8, 4) is 5.75 Å². The van der Waals surface area contributed by atoms with Crippen molar-refractivity contribution in [2.24, 2.45) is 16.2 Å². The molecule has 146 valence electrons. The van der Waals surface area contributed by atoms with Crippen molar-refractivity contribution in [1.29, 1.82) is 0 Å². The zero-order valence-corrected chi connectivity index (χ0v) is 15.0. The second kappa shape index (κ2) is 7.18. The van der Waals surface area contributed by atoms with Crippen LogP contribution in [-0.4, -0.2) is 25.3 Å². The minimum Gasteiger partial charge on any atom is -0.406 e. The first-order valence-electron chi connectivity index (χ1n) is 8.87. The van der Waals surface area contributed by atoms with Gasteiger partial charge in [0.1, 0.15) is 5.75 Å². The van der Waals surface area contributed by atoms with Gasteiger partial charge >= 0.3 is 6.36 Å². The second-order valence-electron chi connectivity index (χ2n) is 6.66. The van der Waals surface area contributed by atoms with Crippen LogP contribution in [0, 0.1) is 5.92 Å². The van der Waals surface area contributed by atoms with E-state index < -0.39 is 6.36 Å². The second-order valence-corrected chi connectivity index (χ2v) is 6.66. The van der Waals surface area contributed by atoms with Crippen molar-refractivity contribution in [2.75, 3.05) is 7.05 Å². The molecular formula is C20H18F3N3O2. The van der Waals surface area contributed by atoms with Crippen LogP contribution < -0.4 is 10.2 Å². The Morgan fingerprint density at radius 2 is 2.00 bits per heavy atom. The summed E-state index contributed by atoms with van der Waals surface area (Å²) in [7, 11) is 1.74. The van der Waals surface area contributed by atoms with Gasteiger partial charge in [0.25, 0.3) is 0 Å². The molecule has 5 nitrogen and oxygen atoms in total. The highest BCUT2D eigenvalue weighted by Gasteiger charge is 2.40. The number of aryl methyl sites for hydroxylation is 1. The SMILES string of the molecule is CN/N=C/c1ccc2c(c1)CCC1C(c3ccc(OC(F)(F)F)cc3)=NOC21. The summed E-state index contributed by atoms with van der Waals surface area (Å²) in [5, 5.41) is 8.27. The molecule has 0 fully saturated rings. The van der Waals surface area contributed by atoms with Gasteiger partial charge < -0.3 is 15.0 Å². The van der Waals surface area contributed by atoms with Crippen molar-refractivity contribution in [3.05, 3.63) is 64.7 Å². The van der Waals surface area contributed by atoms with Crippen LogP contribution in [-0.2, 0) is 11.3 Å². The Morgan fingerprint density at radius 3 is 2.71 bits per heavy atom. The molecule has 0 amide bonds. The van der Waals surface area contributed by atoms with E-state index in [1.807, 2.05) is 12.1 Å². The fourth-order valence-corrected chi connectivity index (χ4v) is 3.70. The lowest BCUT2D eigenvalue weighted by atomic mass is 9.77. The maximum atomic E-state index is 12.3. The summed E-state index contributed by atoms with van der Waals surface area (Å²) in [6, 6.07) is 11.9. The number of hydrogen-bond donors (Lipinski definition) is 1. The van der Waals surface area contributed by atoms with E-state index in [1.165, 1.54) is 17.7 Å². The first-order chi connectivity index (χ1) is 13.4. The van der Waals surface area contributed by atoms with Crippen LogP contribution in [0.25, 0.3) is 0 Å². The van der Waals surface area contributed by atoms with E-state index in [0.717, 1.165) is 35.2 Å². The van der Waals surface area contributed by atoms with Gasteiger partial charge in [0.15, 0.2) is 6.10 Å². The summed E-state index contributed by atoms with van der Waals surface area (Å²) >= 11 is 0. The average Bonchev–Trinajstić information content (AvgIpc) is 3.10. The molecule has 2 atom stereocenters. The van der Waals surface area contributed by atoms with E-state index in [4.69, 9.17) is 4.84 Å². The summed E-state index contributed by atoms with van der Waals surface area (Å²) in [5.41, 5.74) is 7.52.